The van der Waals surface area contributed by atoms with Gasteiger partial charge in [-0.05, 0) is 59.2 Å². The quantitative estimate of drug-likeness (QED) is 0.163. The molecule has 0 bridgehead atoms. The van der Waals surface area contributed by atoms with Crippen molar-refractivity contribution in [3.8, 4) is 51.0 Å². The molecule has 0 atom stereocenters. The van der Waals surface area contributed by atoms with Gasteiger partial charge in [-0.15, -0.1) is 0 Å². The van der Waals surface area contributed by atoms with Crippen molar-refractivity contribution in [3.63, 3.8) is 0 Å². The predicted octanol–water partition coefficient (Wildman–Crippen LogP) is 13.6. The maximum atomic E-state index is 5.23. The second kappa shape index (κ2) is 12.9. The Morgan fingerprint density at radius 2 is 0.794 bits per heavy atom. The van der Waals surface area contributed by atoms with E-state index in [0.29, 0.717) is 17.6 Å². The van der Waals surface area contributed by atoms with Gasteiger partial charge in [0.2, 0.25) is 5.95 Å². The first-order chi connectivity index (χ1) is 31.2. The number of fused-ring (bicyclic) bond motifs is 12. The van der Waals surface area contributed by atoms with Gasteiger partial charge < -0.3 is 4.40 Å². The zero-order valence-electron chi connectivity index (χ0n) is 33.7. The summed E-state index contributed by atoms with van der Waals surface area (Å²) >= 11 is 0. The number of para-hydroxylation sites is 2. The predicted molar refractivity (Wildman–Crippen MR) is 257 cm³/mol. The van der Waals surface area contributed by atoms with Crippen LogP contribution in [-0.4, -0.2) is 33.3 Å². The molecule has 0 spiro atoms. The molecule has 7 nitrogen and oxygen atoms in total. The summed E-state index contributed by atoms with van der Waals surface area (Å²) in [4.78, 5) is 20.5. The molecule has 6 aromatic heterocycles. The molecule has 0 aliphatic rings. The molecule has 7 heteroatoms. The molecule has 0 aliphatic carbocycles. The lowest BCUT2D eigenvalue weighted by molar-refractivity contribution is 0.953. The van der Waals surface area contributed by atoms with E-state index in [4.69, 9.17) is 19.9 Å². The second-order valence-electron chi connectivity index (χ2n) is 16.3. The van der Waals surface area contributed by atoms with E-state index >= 15 is 0 Å². The Labute approximate surface area is 359 Å². The van der Waals surface area contributed by atoms with Crippen LogP contribution in [0.2, 0.25) is 0 Å². The molecule has 0 saturated heterocycles. The first kappa shape index (κ1) is 34.1. The van der Waals surface area contributed by atoms with Crippen LogP contribution >= 0.6 is 0 Å². The van der Waals surface area contributed by atoms with Gasteiger partial charge in [-0.1, -0.05) is 152 Å². The molecule has 0 aliphatic heterocycles. The molecule has 63 heavy (non-hydrogen) atoms. The third-order valence-electron chi connectivity index (χ3n) is 12.9. The zero-order valence-corrected chi connectivity index (χ0v) is 33.7. The van der Waals surface area contributed by atoms with Crippen LogP contribution in [-0.2, 0) is 0 Å². The Bertz CT molecular complexity index is 4070. The number of rotatable bonds is 5. The topological polar surface area (TPSA) is 65.3 Å². The van der Waals surface area contributed by atoms with E-state index in [0.717, 1.165) is 77.4 Å². The minimum absolute atomic E-state index is 0.579. The molecule has 0 radical (unpaired) electrons. The molecule has 0 unspecified atom stereocenters. The summed E-state index contributed by atoms with van der Waals surface area (Å²) < 4.78 is 7.00. The van der Waals surface area contributed by atoms with Gasteiger partial charge in [0.05, 0.1) is 38.6 Å². The summed E-state index contributed by atoms with van der Waals surface area (Å²) in [5, 5.41) is 7.14. The van der Waals surface area contributed by atoms with Crippen molar-refractivity contribution in [2.24, 2.45) is 0 Å². The van der Waals surface area contributed by atoms with Crippen molar-refractivity contribution in [2.75, 3.05) is 0 Å². The highest BCUT2D eigenvalue weighted by atomic mass is 15.2. The van der Waals surface area contributed by atoms with E-state index < -0.39 is 0 Å². The van der Waals surface area contributed by atoms with Crippen LogP contribution in [0.25, 0.3) is 128 Å². The Morgan fingerprint density at radius 3 is 1.46 bits per heavy atom. The van der Waals surface area contributed by atoms with Crippen LogP contribution in [0.1, 0.15) is 0 Å². The SMILES string of the molecule is c1ccc(-c2cnc3c(c2)n2c4ccc(-c5ccc6c(c5)c5ccccc5n6-c5nc(-c6ccccc6)nc(-c6ccccc6)n5)cc4c4ccc5c6ccccc6n3c5c42)cc1. The van der Waals surface area contributed by atoms with Crippen molar-refractivity contribution >= 4 is 76.6 Å². The Kier molecular flexibility index (Phi) is 6.98. The van der Waals surface area contributed by atoms with Crippen LogP contribution < -0.4 is 0 Å². The van der Waals surface area contributed by atoms with E-state index in [1.54, 1.807) is 0 Å². The average Bonchev–Trinajstić information content (AvgIpc) is 4.00. The van der Waals surface area contributed by atoms with Crippen LogP contribution in [0.3, 0.4) is 0 Å². The number of benzene rings is 8. The highest BCUT2D eigenvalue weighted by Gasteiger charge is 2.24. The fourth-order valence-electron chi connectivity index (χ4n) is 10.0. The molecule has 14 rings (SSSR count). The van der Waals surface area contributed by atoms with E-state index in [9.17, 15) is 0 Å². The smallest absolute Gasteiger partial charge is 0.238 e. The van der Waals surface area contributed by atoms with Gasteiger partial charge in [0.25, 0.3) is 0 Å². The van der Waals surface area contributed by atoms with Crippen LogP contribution in [0.5, 0.6) is 0 Å². The first-order valence-corrected chi connectivity index (χ1v) is 21.2. The van der Waals surface area contributed by atoms with Gasteiger partial charge in [-0.3, -0.25) is 8.97 Å². The monoisotopic (exact) mass is 803 g/mol. The maximum Gasteiger partial charge on any atom is 0.238 e. The van der Waals surface area contributed by atoms with E-state index in [2.05, 4.69) is 147 Å². The normalized spacial score (nSPS) is 12.1. The number of nitrogens with zero attached hydrogens (tertiary/aromatic N) is 7. The van der Waals surface area contributed by atoms with E-state index in [-0.39, 0.29) is 0 Å². The lowest BCUT2D eigenvalue weighted by atomic mass is 10.0. The van der Waals surface area contributed by atoms with Crippen molar-refractivity contribution in [1.82, 2.24) is 33.3 Å². The number of hydrogen-bond donors (Lipinski definition) is 0. The van der Waals surface area contributed by atoms with Gasteiger partial charge in [-0.25, -0.2) is 9.97 Å². The summed E-state index contributed by atoms with van der Waals surface area (Å²) in [5.41, 5.74) is 15.2. The highest BCUT2D eigenvalue weighted by molar-refractivity contribution is 6.25. The number of hydrogen-bond acceptors (Lipinski definition) is 4. The average molecular weight is 804 g/mol. The lowest BCUT2D eigenvalue weighted by Crippen LogP contribution is -2.06. The maximum absolute atomic E-state index is 5.23. The first-order valence-electron chi connectivity index (χ1n) is 21.2. The molecule has 292 valence electrons. The van der Waals surface area contributed by atoms with Gasteiger partial charge in [-0.2, -0.15) is 9.97 Å². The van der Waals surface area contributed by atoms with Crippen LogP contribution in [0.4, 0.5) is 0 Å². The van der Waals surface area contributed by atoms with E-state index in [1.165, 1.54) is 32.6 Å². The van der Waals surface area contributed by atoms with Crippen LogP contribution in [0, 0.1) is 0 Å². The standard InChI is InChI=1S/C56H33N7/c1-4-14-34(15-5-1)39-32-50-55(57-33-39)63-47-23-13-10-20-40(47)42-26-27-43-45-31-38(24-28-48(45)61(50)51(43)52(42)63)37-25-29-49-44(30-37)41-21-11-12-22-46(41)62(49)56-59-53(35-16-6-2-7-17-35)58-54(60-56)36-18-8-3-9-19-36/h1-33H. The minimum atomic E-state index is 0.579. The van der Waals surface area contributed by atoms with Gasteiger partial charge in [0.1, 0.15) is 0 Å². The number of pyridine rings is 1. The second-order valence-corrected chi connectivity index (χ2v) is 16.3. The molecular weight excluding hydrogens is 771 g/mol. The van der Waals surface area contributed by atoms with Crippen molar-refractivity contribution in [1.29, 1.82) is 0 Å². The molecule has 0 saturated carbocycles. The Morgan fingerprint density at radius 1 is 0.302 bits per heavy atom. The largest absolute Gasteiger partial charge is 0.304 e. The molecule has 0 fully saturated rings. The third-order valence-corrected chi connectivity index (χ3v) is 12.9. The molecular formula is C56H33N7. The van der Waals surface area contributed by atoms with Crippen molar-refractivity contribution < 1.29 is 0 Å². The van der Waals surface area contributed by atoms with Crippen LogP contribution in [0.15, 0.2) is 200 Å². The summed E-state index contributed by atoms with van der Waals surface area (Å²) in [6, 6.07) is 68.7. The van der Waals surface area contributed by atoms with Crippen molar-refractivity contribution in [2.45, 2.75) is 0 Å². The molecule has 6 heterocycles. The number of aromatic nitrogens is 7. The van der Waals surface area contributed by atoms with Gasteiger partial charge in [0.15, 0.2) is 17.3 Å². The lowest BCUT2D eigenvalue weighted by Gasteiger charge is -2.12. The van der Waals surface area contributed by atoms with Gasteiger partial charge in [0, 0.05) is 55.2 Å². The summed E-state index contributed by atoms with van der Waals surface area (Å²) in [5.74, 6) is 1.84. The Hall–Kier alpha value is -8.68. The Balaban J connectivity index is 0.995. The summed E-state index contributed by atoms with van der Waals surface area (Å²) in [6.45, 7) is 0. The summed E-state index contributed by atoms with van der Waals surface area (Å²) in [7, 11) is 0. The zero-order chi connectivity index (χ0) is 41.2. The fourth-order valence-corrected chi connectivity index (χ4v) is 10.0. The summed E-state index contributed by atoms with van der Waals surface area (Å²) in [6.07, 6.45) is 2.02. The molecule has 14 aromatic rings. The fraction of sp³-hybridized carbons (Fsp3) is 0. The highest BCUT2D eigenvalue weighted by Crippen LogP contribution is 2.43. The molecule has 0 amide bonds. The van der Waals surface area contributed by atoms with Crippen molar-refractivity contribution in [3.05, 3.63) is 200 Å². The van der Waals surface area contributed by atoms with Gasteiger partial charge >= 0.3 is 0 Å². The molecule has 0 N–H and O–H groups in total. The van der Waals surface area contributed by atoms with E-state index in [1.807, 2.05) is 66.9 Å². The third kappa shape index (κ3) is 4.90. The minimum Gasteiger partial charge on any atom is -0.304 e. The molecule has 8 aromatic carbocycles.